The zero-order chi connectivity index (χ0) is 19.3. The summed E-state index contributed by atoms with van der Waals surface area (Å²) in [7, 11) is 0. The van der Waals surface area contributed by atoms with Gasteiger partial charge in [-0.25, -0.2) is 0 Å². The molecule has 5 atom stereocenters. The first-order valence-corrected chi connectivity index (χ1v) is 8.55. The second-order valence-electron chi connectivity index (χ2n) is 7.74. The van der Waals surface area contributed by atoms with E-state index in [-0.39, 0.29) is 25.7 Å². The molecule has 5 unspecified atom stereocenters. The van der Waals surface area contributed by atoms with Crippen molar-refractivity contribution in [2.45, 2.75) is 75.8 Å². The van der Waals surface area contributed by atoms with Crippen molar-refractivity contribution < 1.29 is 38.4 Å². The number of carbonyl (C=O) groups excluding carboxylic acids is 1. The second-order valence-corrected chi connectivity index (χ2v) is 7.74. The highest BCUT2D eigenvalue weighted by Gasteiger charge is 2.65. The Morgan fingerprint density at radius 2 is 1.88 bits per heavy atom. The molecule has 3 aliphatic rings. The van der Waals surface area contributed by atoms with E-state index in [0.29, 0.717) is 0 Å². The standard InChI is InChI=1S/C16H26N2O8/c1-14(2)23-9-6-22-16(7-18-8(13(20)21)5-10(17)19)12(11(9)24-14)25-15(3,4)26-16/h8-9,11-12,18H,5-7H2,1-4H3,(H2,17,19)(H,20,21). The van der Waals surface area contributed by atoms with Crippen LogP contribution in [0.2, 0.25) is 0 Å². The van der Waals surface area contributed by atoms with E-state index in [9.17, 15) is 14.7 Å². The van der Waals surface area contributed by atoms with Crippen LogP contribution in [0, 0.1) is 0 Å². The fraction of sp³-hybridized carbons (Fsp3) is 0.875. The number of carbonyl (C=O) groups is 2. The summed E-state index contributed by atoms with van der Waals surface area (Å²) in [6.45, 7) is 7.28. The van der Waals surface area contributed by atoms with Crippen molar-refractivity contribution in [1.82, 2.24) is 5.32 Å². The third kappa shape index (κ3) is 3.71. The van der Waals surface area contributed by atoms with Crippen molar-refractivity contribution in [3.8, 4) is 0 Å². The average Bonchev–Trinajstić information content (AvgIpc) is 2.94. The summed E-state index contributed by atoms with van der Waals surface area (Å²) in [5, 5.41) is 12.1. The van der Waals surface area contributed by atoms with Gasteiger partial charge in [0.25, 0.3) is 0 Å². The van der Waals surface area contributed by atoms with E-state index < -0.39 is 47.5 Å². The maximum Gasteiger partial charge on any atom is 0.321 e. The van der Waals surface area contributed by atoms with Gasteiger partial charge >= 0.3 is 5.97 Å². The highest BCUT2D eigenvalue weighted by Crippen LogP contribution is 2.47. The van der Waals surface area contributed by atoms with Gasteiger partial charge in [0.2, 0.25) is 11.7 Å². The lowest BCUT2D eigenvalue weighted by Crippen LogP contribution is -2.63. The van der Waals surface area contributed by atoms with E-state index in [1.165, 1.54) is 0 Å². The molecule has 0 saturated carbocycles. The van der Waals surface area contributed by atoms with E-state index in [1.54, 1.807) is 27.7 Å². The molecule has 0 radical (unpaired) electrons. The Morgan fingerprint density at radius 3 is 2.50 bits per heavy atom. The maximum atomic E-state index is 11.4. The van der Waals surface area contributed by atoms with E-state index >= 15 is 0 Å². The largest absolute Gasteiger partial charge is 0.480 e. The monoisotopic (exact) mass is 374 g/mol. The first-order valence-electron chi connectivity index (χ1n) is 8.55. The summed E-state index contributed by atoms with van der Waals surface area (Å²) in [6, 6.07) is -1.16. The minimum Gasteiger partial charge on any atom is -0.480 e. The fourth-order valence-corrected chi connectivity index (χ4v) is 3.70. The number of fused-ring (bicyclic) bond motifs is 3. The number of nitrogens with one attached hydrogen (secondary N) is 1. The third-order valence-electron chi connectivity index (χ3n) is 4.57. The molecule has 0 aliphatic carbocycles. The van der Waals surface area contributed by atoms with Crippen molar-refractivity contribution in [2.24, 2.45) is 5.73 Å². The van der Waals surface area contributed by atoms with Gasteiger partial charge < -0.3 is 34.5 Å². The lowest BCUT2D eigenvalue weighted by atomic mass is 9.96. The summed E-state index contributed by atoms with van der Waals surface area (Å²) < 4.78 is 29.8. The number of carboxylic acids is 1. The van der Waals surface area contributed by atoms with Crippen LogP contribution in [0.4, 0.5) is 0 Å². The van der Waals surface area contributed by atoms with Gasteiger partial charge in [-0.05, 0) is 27.7 Å². The normalized spacial score (nSPS) is 38.4. The molecule has 3 fully saturated rings. The highest BCUT2D eigenvalue weighted by atomic mass is 16.9. The molecule has 0 aromatic carbocycles. The molecule has 3 aliphatic heterocycles. The molecule has 26 heavy (non-hydrogen) atoms. The molecule has 1 amide bonds. The zero-order valence-electron chi connectivity index (χ0n) is 15.3. The third-order valence-corrected chi connectivity index (χ3v) is 4.57. The Hall–Kier alpha value is -1.30. The summed E-state index contributed by atoms with van der Waals surface area (Å²) in [5.74, 6) is -4.92. The summed E-state index contributed by atoms with van der Waals surface area (Å²) in [6.07, 6.45) is -1.73. The predicted molar refractivity (Wildman–Crippen MR) is 85.8 cm³/mol. The van der Waals surface area contributed by atoms with Gasteiger partial charge in [-0.2, -0.15) is 0 Å². The summed E-state index contributed by atoms with van der Waals surface area (Å²) in [4.78, 5) is 22.5. The molecule has 4 N–H and O–H groups in total. The number of hydrogen-bond donors (Lipinski definition) is 3. The Bertz CT molecular complexity index is 595. The predicted octanol–water partition coefficient (Wildman–Crippen LogP) is -0.697. The molecule has 3 heterocycles. The van der Waals surface area contributed by atoms with Gasteiger partial charge in [0, 0.05) is 0 Å². The van der Waals surface area contributed by atoms with Crippen LogP contribution in [0.3, 0.4) is 0 Å². The van der Waals surface area contributed by atoms with E-state index in [2.05, 4.69) is 5.32 Å². The lowest BCUT2D eigenvalue weighted by molar-refractivity contribution is -0.278. The number of aliphatic carboxylic acids is 1. The van der Waals surface area contributed by atoms with Gasteiger partial charge in [0.1, 0.15) is 24.4 Å². The van der Waals surface area contributed by atoms with Crippen LogP contribution in [-0.2, 0) is 33.3 Å². The Balaban J connectivity index is 1.79. The van der Waals surface area contributed by atoms with Crippen LogP contribution in [0.1, 0.15) is 34.1 Å². The summed E-state index contributed by atoms with van der Waals surface area (Å²) >= 11 is 0. The van der Waals surface area contributed by atoms with Gasteiger partial charge in [0.15, 0.2) is 11.6 Å². The highest BCUT2D eigenvalue weighted by molar-refractivity contribution is 5.83. The van der Waals surface area contributed by atoms with E-state index in [0.717, 1.165) is 0 Å². The molecule has 0 bridgehead atoms. The molecule has 10 heteroatoms. The SMILES string of the molecule is CC1(C)OC2COC3(CNC(CC(N)=O)C(=O)O)OC(C)(C)OC3C2O1. The van der Waals surface area contributed by atoms with Gasteiger partial charge in [0.05, 0.1) is 19.6 Å². The number of carboxylic acid groups (broad SMARTS) is 1. The lowest BCUT2D eigenvalue weighted by Gasteiger charge is -2.41. The molecular weight excluding hydrogens is 348 g/mol. The van der Waals surface area contributed by atoms with Crippen molar-refractivity contribution in [2.75, 3.05) is 13.2 Å². The Kier molecular flexibility index (Phi) is 4.79. The maximum absolute atomic E-state index is 11.4. The Morgan fingerprint density at radius 1 is 1.19 bits per heavy atom. The number of rotatable bonds is 6. The van der Waals surface area contributed by atoms with Crippen LogP contribution in [-0.4, -0.2) is 71.8 Å². The topological polar surface area (TPSA) is 139 Å². The van der Waals surface area contributed by atoms with Crippen LogP contribution in [0.15, 0.2) is 0 Å². The number of hydrogen-bond acceptors (Lipinski definition) is 8. The number of amides is 1. The van der Waals surface area contributed by atoms with Crippen molar-refractivity contribution in [1.29, 1.82) is 0 Å². The van der Waals surface area contributed by atoms with Crippen molar-refractivity contribution in [3.63, 3.8) is 0 Å². The molecular formula is C16H26N2O8. The smallest absolute Gasteiger partial charge is 0.321 e. The van der Waals surface area contributed by atoms with E-state index in [1.807, 2.05) is 0 Å². The molecule has 3 saturated heterocycles. The molecule has 0 aromatic heterocycles. The average molecular weight is 374 g/mol. The summed E-state index contributed by atoms with van der Waals surface area (Å²) in [5.41, 5.74) is 5.12. The second kappa shape index (κ2) is 6.39. The minimum atomic E-state index is -1.26. The number of nitrogens with two attached hydrogens (primary N) is 1. The molecule has 3 rings (SSSR count). The molecule has 10 nitrogen and oxygen atoms in total. The number of ether oxygens (including phenoxy) is 5. The number of primary amides is 1. The molecule has 148 valence electrons. The quantitative estimate of drug-likeness (QED) is 0.551. The van der Waals surface area contributed by atoms with E-state index in [4.69, 9.17) is 29.4 Å². The van der Waals surface area contributed by atoms with Gasteiger partial charge in [-0.15, -0.1) is 0 Å². The van der Waals surface area contributed by atoms with Gasteiger partial charge in [-0.1, -0.05) is 0 Å². The van der Waals surface area contributed by atoms with Crippen molar-refractivity contribution >= 4 is 11.9 Å². The Labute approximate surface area is 151 Å². The minimum absolute atomic E-state index is 0.0155. The van der Waals surface area contributed by atoms with Crippen LogP contribution in [0.25, 0.3) is 0 Å². The van der Waals surface area contributed by atoms with Gasteiger partial charge in [-0.3, -0.25) is 14.9 Å². The van der Waals surface area contributed by atoms with Crippen LogP contribution in [0.5, 0.6) is 0 Å². The molecule has 0 spiro atoms. The zero-order valence-corrected chi connectivity index (χ0v) is 15.3. The fourth-order valence-electron chi connectivity index (χ4n) is 3.70. The van der Waals surface area contributed by atoms with Crippen LogP contribution >= 0.6 is 0 Å². The van der Waals surface area contributed by atoms with Crippen LogP contribution < -0.4 is 11.1 Å². The van der Waals surface area contributed by atoms with Crippen molar-refractivity contribution in [3.05, 3.63) is 0 Å². The first-order chi connectivity index (χ1) is 11.9. The first kappa shape index (κ1) is 19.5. The molecule has 0 aromatic rings.